The molecule has 0 fully saturated rings. The highest BCUT2D eigenvalue weighted by molar-refractivity contribution is 9.10. The van der Waals surface area contributed by atoms with Crippen molar-refractivity contribution in [2.24, 2.45) is 0 Å². The molecule has 5 rings (SSSR count). The Morgan fingerprint density at radius 3 is 2.10 bits per heavy atom. The van der Waals surface area contributed by atoms with E-state index in [2.05, 4.69) is 51.8 Å². The Balaban J connectivity index is 1.56. The molecule has 0 N–H and O–H groups in total. The van der Waals surface area contributed by atoms with E-state index in [0.717, 1.165) is 20.1 Å². The Kier molecular flexibility index (Phi) is 4.92. The number of hydrogen-bond acceptors (Lipinski definition) is 5. The highest BCUT2D eigenvalue weighted by Crippen LogP contribution is 2.24. The predicted molar refractivity (Wildman–Crippen MR) is 120 cm³/mol. The summed E-state index contributed by atoms with van der Waals surface area (Å²) in [5, 5.41) is 0. The third-order valence-electron chi connectivity index (χ3n) is 4.82. The van der Waals surface area contributed by atoms with Crippen LogP contribution < -0.4 is 5.69 Å². The van der Waals surface area contributed by atoms with E-state index >= 15 is 0 Å². The van der Waals surface area contributed by atoms with Crippen LogP contribution in [0.5, 0.6) is 0 Å². The number of imidazole rings is 2. The van der Waals surface area contributed by atoms with Crippen molar-refractivity contribution < 1.29 is 0 Å². The summed E-state index contributed by atoms with van der Waals surface area (Å²) in [4.78, 5) is 30.3. The molecular weight excluding hydrogens is 512 g/mol. The van der Waals surface area contributed by atoms with Crippen molar-refractivity contribution in [3.8, 4) is 11.5 Å². The summed E-state index contributed by atoms with van der Waals surface area (Å²) in [7, 11) is 0. The average molecular weight is 526 g/mol. The summed E-state index contributed by atoms with van der Waals surface area (Å²) in [6.07, 6.45) is 3.18. The minimum absolute atomic E-state index is 0.352. The predicted octanol–water partition coefficient (Wildman–Crippen LogP) is 4.11. The van der Waals surface area contributed by atoms with Gasteiger partial charge >= 0.3 is 5.69 Å². The first-order chi connectivity index (χ1) is 14.6. The van der Waals surface area contributed by atoms with Crippen molar-refractivity contribution in [2.45, 2.75) is 13.1 Å². The molecule has 0 spiro atoms. The summed E-state index contributed by atoms with van der Waals surface area (Å²) in [6.45, 7) is 0.979. The Hall–Kier alpha value is -2.91. The number of rotatable bonds is 4. The minimum atomic E-state index is -0.352. The molecule has 9 heteroatoms. The molecule has 30 heavy (non-hydrogen) atoms. The molecule has 0 bridgehead atoms. The first kappa shape index (κ1) is 19.1. The van der Waals surface area contributed by atoms with Crippen molar-refractivity contribution in [3.63, 3.8) is 0 Å². The lowest BCUT2D eigenvalue weighted by Crippen LogP contribution is -2.17. The van der Waals surface area contributed by atoms with E-state index in [1.807, 2.05) is 53.1 Å². The maximum atomic E-state index is 12.6. The topological polar surface area (TPSA) is 78.5 Å². The van der Waals surface area contributed by atoms with E-state index in [1.54, 1.807) is 10.9 Å². The molecule has 0 atom stereocenters. The lowest BCUT2D eigenvalue weighted by Gasteiger charge is -2.04. The van der Waals surface area contributed by atoms with E-state index in [4.69, 9.17) is 0 Å². The van der Waals surface area contributed by atoms with Crippen LogP contribution in [0, 0.1) is 0 Å². The maximum Gasteiger partial charge on any atom is 0.350 e. The first-order valence-corrected chi connectivity index (χ1v) is 10.7. The van der Waals surface area contributed by atoms with Crippen LogP contribution >= 0.6 is 31.9 Å². The molecule has 3 heterocycles. The average Bonchev–Trinajstić information content (AvgIpc) is 3.21. The SMILES string of the molecule is O=c1nc2c3ncn(Cc4ccc(Br)cc4)c3ncnc-2n1Cc1ccc(Br)cc1. The maximum absolute atomic E-state index is 12.6. The normalized spacial score (nSPS) is 11.4. The zero-order valence-electron chi connectivity index (χ0n) is 15.5. The van der Waals surface area contributed by atoms with Crippen LogP contribution in [0.1, 0.15) is 11.1 Å². The van der Waals surface area contributed by atoms with E-state index < -0.39 is 0 Å². The zero-order valence-corrected chi connectivity index (χ0v) is 18.7. The van der Waals surface area contributed by atoms with Gasteiger partial charge in [0.05, 0.1) is 19.4 Å². The van der Waals surface area contributed by atoms with E-state index in [-0.39, 0.29) is 5.69 Å². The van der Waals surface area contributed by atoms with Gasteiger partial charge in [-0.2, -0.15) is 4.98 Å². The van der Waals surface area contributed by atoms with Gasteiger partial charge < -0.3 is 4.57 Å². The molecule has 0 saturated carbocycles. The van der Waals surface area contributed by atoms with Gasteiger partial charge in [-0.05, 0) is 35.4 Å². The van der Waals surface area contributed by atoms with Crippen LogP contribution in [0.15, 0.2) is 74.9 Å². The molecule has 2 aliphatic rings. The molecule has 2 aliphatic heterocycles. The molecule has 0 amide bonds. The molecule has 7 nitrogen and oxygen atoms in total. The molecular formula is C21H14Br2N6O. The van der Waals surface area contributed by atoms with Gasteiger partial charge in [0.15, 0.2) is 11.5 Å². The fourth-order valence-corrected chi connectivity index (χ4v) is 3.88. The fourth-order valence-electron chi connectivity index (χ4n) is 3.35. The quantitative estimate of drug-likeness (QED) is 0.353. The Morgan fingerprint density at radius 2 is 1.43 bits per heavy atom. The van der Waals surface area contributed by atoms with Crippen molar-refractivity contribution in [2.75, 3.05) is 0 Å². The van der Waals surface area contributed by atoms with Crippen LogP contribution in [-0.2, 0) is 13.1 Å². The van der Waals surface area contributed by atoms with E-state index in [1.165, 1.54) is 6.33 Å². The summed E-state index contributed by atoms with van der Waals surface area (Å²) in [6, 6.07) is 15.9. The zero-order chi connectivity index (χ0) is 20.7. The largest absolute Gasteiger partial charge is 0.350 e. The standard InChI is InChI=1S/C21H14Br2N6O/c22-15-5-1-13(2-6-15)9-28-12-26-17-18-20(25-11-24-19(17)28)29(21(30)27-18)10-14-3-7-16(23)8-4-14/h1-8,11-12H,9-10H2. The second kappa shape index (κ2) is 7.73. The van der Waals surface area contributed by atoms with Gasteiger partial charge in [0.2, 0.25) is 0 Å². The smallest absolute Gasteiger partial charge is 0.311 e. The molecule has 0 aliphatic carbocycles. The Morgan fingerprint density at radius 1 is 0.800 bits per heavy atom. The second-order valence-electron chi connectivity index (χ2n) is 6.82. The lowest BCUT2D eigenvalue weighted by molar-refractivity contribution is 0.758. The van der Waals surface area contributed by atoms with Crippen molar-refractivity contribution in [3.05, 3.63) is 91.7 Å². The number of hydrogen-bond donors (Lipinski definition) is 0. The fraction of sp³-hybridized carbons (Fsp3) is 0.0952. The van der Waals surface area contributed by atoms with Crippen molar-refractivity contribution in [1.82, 2.24) is 29.1 Å². The number of benzene rings is 2. The molecule has 0 unspecified atom stereocenters. The summed E-state index contributed by atoms with van der Waals surface area (Å²) < 4.78 is 5.48. The highest BCUT2D eigenvalue weighted by atomic mass is 79.9. The van der Waals surface area contributed by atoms with Crippen LogP contribution in [0.4, 0.5) is 0 Å². The minimum Gasteiger partial charge on any atom is -0.311 e. The van der Waals surface area contributed by atoms with Gasteiger partial charge in [-0.25, -0.2) is 19.7 Å². The summed E-state index contributed by atoms with van der Waals surface area (Å²) >= 11 is 6.88. The van der Waals surface area contributed by atoms with Crippen LogP contribution in [0.3, 0.4) is 0 Å². The molecule has 1 aromatic heterocycles. The van der Waals surface area contributed by atoms with Gasteiger partial charge in [-0.1, -0.05) is 56.1 Å². The second-order valence-corrected chi connectivity index (χ2v) is 8.66. The monoisotopic (exact) mass is 524 g/mol. The Bertz CT molecular complexity index is 1380. The number of fused-ring (bicyclic) bond motifs is 3. The highest BCUT2D eigenvalue weighted by Gasteiger charge is 2.21. The van der Waals surface area contributed by atoms with Crippen LogP contribution in [0.25, 0.3) is 22.7 Å². The summed E-state index contributed by atoms with van der Waals surface area (Å²) in [5.41, 5.74) is 3.39. The first-order valence-electron chi connectivity index (χ1n) is 9.14. The number of nitrogens with zero attached hydrogens (tertiary/aromatic N) is 6. The van der Waals surface area contributed by atoms with Crippen molar-refractivity contribution in [1.29, 1.82) is 0 Å². The van der Waals surface area contributed by atoms with Crippen molar-refractivity contribution >= 4 is 43.0 Å². The van der Waals surface area contributed by atoms with Crippen LogP contribution in [-0.4, -0.2) is 29.1 Å². The Labute approximate surface area is 188 Å². The van der Waals surface area contributed by atoms with E-state index in [9.17, 15) is 4.79 Å². The van der Waals surface area contributed by atoms with Gasteiger partial charge in [0.1, 0.15) is 17.5 Å². The molecule has 3 aromatic rings. The van der Waals surface area contributed by atoms with Gasteiger partial charge in [0, 0.05) is 8.95 Å². The van der Waals surface area contributed by atoms with Crippen LogP contribution in [0.2, 0.25) is 0 Å². The van der Waals surface area contributed by atoms with Gasteiger partial charge in [0.25, 0.3) is 0 Å². The van der Waals surface area contributed by atoms with Gasteiger partial charge in [-0.15, -0.1) is 0 Å². The number of halogens is 2. The van der Waals surface area contributed by atoms with E-state index in [0.29, 0.717) is 35.8 Å². The molecule has 0 saturated heterocycles. The lowest BCUT2D eigenvalue weighted by atomic mass is 10.2. The van der Waals surface area contributed by atoms with Gasteiger partial charge in [-0.3, -0.25) is 4.57 Å². The molecule has 148 valence electrons. The molecule has 0 radical (unpaired) electrons. The molecule has 2 aromatic carbocycles. The third kappa shape index (κ3) is 3.54. The summed E-state index contributed by atoms with van der Waals surface area (Å²) in [5.74, 6) is 0.472. The third-order valence-corrected chi connectivity index (χ3v) is 5.88. The number of aromatic nitrogens is 6.